The molecular formula is C21H42O2. The van der Waals surface area contributed by atoms with Crippen molar-refractivity contribution in [3.05, 3.63) is 0 Å². The monoisotopic (exact) mass is 326 g/mol. The van der Waals surface area contributed by atoms with Crippen LogP contribution in [0.3, 0.4) is 0 Å². The van der Waals surface area contributed by atoms with E-state index in [0.717, 1.165) is 19.3 Å². The lowest BCUT2D eigenvalue weighted by Crippen LogP contribution is -2.44. The Balaban J connectivity index is 2.51. The van der Waals surface area contributed by atoms with Crippen molar-refractivity contribution in [1.29, 1.82) is 0 Å². The van der Waals surface area contributed by atoms with Gasteiger partial charge in [-0.1, -0.05) is 66.2 Å². The summed E-state index contributed by atoms with van der Waals surface area (Å²) in [6, 6.07) is 0. The number of hydrogen-bond acceptors (Lipinski definition) is 2. The molecule has 0 bridgehead atoms. The third-order valence-electron chi connectivity index (χ3n) is 5.56. The van der Waals surface area contributed by atoms with E-state index in [-0.39, 0.29) is 23.2 Å². The number of rotatable bonds is 10. The molecule has 1 rings (SSSR count). The molecule has 23 heavy (non-hydrogen) atoms. The van der Waals surface area contributed by atoms with Crippen LogP contribution in [-0.4, -0.2) is 22.9 Å². The number of hydrogen-bond donors (Lipinski definition) is 1. The SMILES string of the molecule is CCCCCCCCC(C(C)(C)C)C(C)(C)O[C@H]1CC[C@@H](O)C1. The van der Waals surface area contributed by atoms with E-state index in [1.165, 1.54) is 44.9 Å². The van der Waals surface area contributed by atoms with Gasteiger partial charge in [0.05, 0.1) is 17.8 Å². The van der Waals surface area contributed by atoms with Gasteiger partial charge < -0.3 is 9.84 Å². The van der Waals surface area contributed by atoms with Gasteiger partial charge >= 0.3 is 0 Å². The van der Waals surface area contributed by atoms with Crippen LogP contribution in [0.25, 0.3) is 0 Å². The number of ether oxygens (including phenoxy) is 1. The summed E-state index contributed by atoms with van der Waals surface area (Å²) in [5, 5.41) is 9.76. The van der Waals surface area contributed by atoms with Crippen molar-refractivity contribution in [3.8, 4) is 0 Å². The maximum atomic E-state index is 9.76. The number of aliphatic hydroxyl groups is 1. The molecule has 2 heteroatoms. The van der Waals surface area contributed by atoms with Crippen LogP contribution in [0.2, 0.25) is 0 Å². The van der Waals surface area contributed by atoms with Crippen molar-refractivity contribution in [2.24, 2.45) is 11.3 Å². The molecular weight excluding hydrogens is 284 g/mol. The number of aliphatic hydroxyl groups excluding tert-OH is 1. The Morgan fingerprint density at radius 2 is 1.57 bits per heavy atom. The second-order valence-electron chi connectivity index (χ2n) is 9.29. The zero-order valence-electron chi connectivity index (χ0n) is 16.7. The molecule has 1 fully saturated rings. The molecule has 1 aliphatic rings. The first-order valence-corrected chi connectivity index (χ1v) is 10.0. The van der Waals surface area contributed by atoms with Gasteiger partial charge in [0, 0.05) is 0 Å². The van der Waals surface area contributed by atoms with Crippen molar-refractivity contribution in [2.75, 3.05) is 0 Å². The standard InChI is InChI=1S/C21H42O2/c1-7-8-9-10-11-12-13-19(20(2,3)4)21(5,6)23-18-15-14-17(22)16-18/h17-19,22H,7-16H2,1-6H3/t17-,18+,19?/m1/s1. The van der Waals surface area contributed by atoms with Crippen molar-refractivity contribution < 1.29 is 9.84 Å². The highest BCUT2D eigenvalue weighted by molar-refractivity contribution is 4.90. The van der Waals surface area contributed by atoms with E-state index in [0.29, 0.717) is 5.92 Å². The molecule has 1 aliphatic carbocycles. The lowest BCUT2D eigenvalue weighted by Gasteiger charge is -2.44. The summed E-state index contributed by atoms with van der Waals surface area (Å²) < 4.78 is 6.49. The van der Waals surface area contributed by atoms with Gasteiger partial charge in [-0.05, 0) is 50.9 Å². The van der Waals surface area contributed by atoms with Gasteiger partial charge in [0.25, 0.3) is 0 Å². The minimum absolute atomic E-state index is 0.115. The molecule has 3 atom stereocenters. The van der Waals surface area contributed by atoms with E-state index in [4.69, 9.17) is 4.74 Å². The predicted octanol–water partition coefficient (Wildman–Crippen LogP) is 6.11. The van der Waals surface area contributed by atoms with Crippen LogP contribution in [0.5, 0.6) is 0 Å². The quantitative estimate of drug-likeness (QED) is 0.491. The maximum absolute atomic E-state index is 9.76. The topological polar surface area (TPSA) is 29.5 Å². The van der Waals surface area contributed by atoms with Crippen LogP contribution < -0.4 is 0 Å². The summed E-state index contributed by atoms with van der Waals surface area (Å²) in [7, 11) is 0. The lowest BCUT2D eigenvalue weighted by atomic mass is 9.69. The first-order valence-electron chi connectivity index (χ1n) is 10.0. The molecule has 0 spiro atoms. The second kappa shape index (κ2) is 9.42. The van der Waals surface area contributed by atoms with Gasteiger partial charge in [-0.2, -0.15) is 0 Å². The average molecular weight is 327 g/mol. The molecule has 0 saturated heterocycles. The van der Waals surface area contributed by atoms with Crippen LogP contribution in [0.15, 0.2) is 0 Å². The van der Waals surface area contributed by atoms with Gasteiger partial charge in [0.15, 0.2) is 0 Å². The van der Waals surface area contributed by atoms with Crippen molar-refractivity contribution in [2.45, 2.75) is 124 Å². The highest BCUT2D eigenvalue weighted by Gasteiger charge is 2.40. The minimum atomic E-state index is -0.151. The van der Waals surface area contributed by atoms with E-state index in [9.17, 15) is 5.11 Å². The zero-order chi connectivity index (χ0) is 17.5. The Morgan fingerprint density at radius 3 is 2.09 bits per heavy atom. The molecule has 0 aromatic rings. The van der Waals surface area contributed by atoms with E-state index in [1.54, 1.807) is 0 Å². The predicted molar refractivity (Wildman–Crippen MR) is 99.7 cm³/mol. The number of unbranched alkanes of at least 4 members (excludes halogenated alkanes) is 5. The fraction of sp³-hybridized carbons (Fsp3) is 1.00. The zero-order valence-corrected chi connectivity index (χ0v) is 16.7. The van der Waals surface area contributed by atoms with Crippen LogP contribution in [0.1, 0.15) is 106 Å². The molecule has 0 amide bonds. The highest BCUT2D eigenvalue weighted by atomic mass is 16.5. The first kappa shape index (κ1) is 21.0. The Kier molecular flexibility index (Phi) is 8.58. The van der Waals surface area contributed by atoms with E-state index >= 15 is 0 Å². The molecule has 0 aromatic heterocycles. The molecule has 0 aliphatic heterocycles. The van der Waals surface area contributed by atoms with Crippen molar-refractivity contribution in [3.63, 3.8) is 0 Å². The van der Waals surface area contributed by atoms with Crippen molar-refractivity contribution >= 4 is 0 Å². The summed E-state index contributed by atoms with van der Waals surface area (Å²) in [4.78, 5) is 0. The van der Waals surface area contributed by atoms with Gasteiger partial charge in [-0.25, -0.2) is 0 Å². The summed E-state index contributed by atoms with van der Waals surface area (Å²) >= 11 is 0. The summed E-state index contributed by atoms with van der Waals surface area (Å²) in [6.45, 7) is 13.9. The molecule has 1 saturated carbocycles. The van der Waals surface area contributed by atoms with Gasteiger partial charge in [0.2, 0.25) is 0 Å². The Hall–Kier alpha value is -0.0800. The molecule has 138 valence electrons. The highest BCUT2D eigenvalue weighted by Crippen LogP contribution is 2.42. The Morgan fingerprint density at radius 1 is 0.957 bits per heavy atom. The maximum Gasteiger partial charge on any atom is 0.0663 e. The summed E-state index contributed by atoms with van der Waals surface area (Å²) in [5.74, 6) is 0.555. The second-order valence-corrected chi connectivity index (χ2v) is 9.29. The van der Waals surface area contributed by atoms with Crippen LogP contribution in [0, 0.1) is 11.3 Å². The molecule has 1 N–H and O–H groups in total. The fourth-order valence-corrected chi connectivity index (χ4v) is 4.49. The van der Waals surface area contributed by atoms with Crippen LogP contribution in [-0.2, 0) is 4.74 Å². The third-order valence-corrected chi connectivity index (χ3v) is 5.56. The summed E-state index contributed by atoms with van der Waals surface area (Å²) in [5.41, 5.74) is 0.139. The van der Waals surface area contributed by atoms with E-state index in [2.05, 4.69) is 41.5 Å². The normalized spacial score (nSPS) is 24.1. The van der Waals surface area contributed by atoms with Crippen LogP contribution in [0.4, 0.5) is 0 Å². The first-order chi connectivity index (χ1) is 10.7. The molecule has 1 unspecified atom stereocenters. The van der Waals surface area contributed by atoms with E-state index in [1.807, 2.05) is 0 Å². The average Bonchev–Trinajstić information content (AvgIpc) is 2.80. The largest absolute Gasteiger partial charge is 0.393 e. The smallest absolute Gasteiger partial charge is 0.0663 e. The molecule has 0 radical (unpaired) electrons. The summed E-state index contributed by atoms with van der Waals surface area (Å²) in [6.07, 6.45) is 12.2. The fourth-order valence-electron chi connectivity index (χ4n) is 4.49. The minimum Gasteiger partial charge on any atom is -0.393 e. The van der Waals surface area contributed by atoms with Gasteiger partial charge in [-0.15, -0.1) is 0 Å². The molecule has 0 aromatic carbocycles. The van der Waals surface area contributed by atoms with Crippen LogP contribution >= 0.6 is 0 Å². The van der Waals surface area contributed by atoms with E-state index < -0.39 is 0 Å². The molecule has 0 heterocycles. The Bertz CT molecular complexity index is 316. The third kappa shape index (κ3) is 7.56. The van der Waals surface area contributed by atoms with Crippen molar-refractivity contribution in [1.82, 2.24) is 0 Å². The Labute approximate surface area is 145 Å². The van der Waals surface area contributed by atoms with Gasteiger partial charge in [0.1, 0.15) is 0 Å². The lowest BCUT2D eigenvalue weighted by molar-refractivity contribution is -0.131. The molecule has 2 nitrogen and oxygen atoms in total. The van der Waals surface area contributed by atoms with Gasteiger partial charge in [-0.3, -0.25) is 0 Å².